The van der Waals surface area contributed by atoms with E-state index in [-0.39, 0.29) is 5.91 Å². The molecule has 176 valence electrons. The van der Waals surface area contributed by atoms with E-state index in [1.165, 1.54) is 11.3 Å². The first-order valence-corrected chi connectivity index (χ1v) is 12.8. The van der Waals surface area contributed by atoms with Gasteiger partial charge < -0.3 is 9.47 Å². The fourth-order valence-electron chi connectivity index (χ4n) is 3.54. The summed E-state index contributed by atoms with van der Waals surface area (Å²) in [6, 6.07) is 15.8. The van der Waals surface area contributed by atoms with E-state index in [0.717, 1.165) is 44.2 Å². The van der Waals surface area contributed by atoms with Gasteiger partial charge in [0.25, 0.3) is 0 Å². The van der Waals surface area contributed by atoms with Crippen molar-refractivity contribution in [3.05, 3.63) is 72.1 Å². The number of anilines is 1. The molecular formula is C26H27N3O3S2. The summed E-state index contributed by atoms with van der Waals surface area (Å²) >= 11 is 3.26. The van der Waals surface area contributed by atoms with E-state index in [2.05, 4.69) is 4.98 Å². The Morgan fingerprint density at radius 2 is 1.91 bits per heavy atom. The third-order valence-corrected chi connectivity index (χ3v) is 7.68. The summed E-state index contributed by atoms with van der Waals surface area (Å²) < 4.78 is 11.8. The van der Waals surface area contributed by atoms with Crippen molar-refractivity contribution in [3.63, 3.8) is 0 Å². The maximum atomic E-state index is 13.4. The van der Waals surface area contributed by atoms with Crippen LogP contribution in [0.3, 0.4) is 0 Å². The Balaban J connectivity index is 1.49. The summed E-state index contributed by atoms with van der Waals surface area (Å²) in [4.78, 5) is 25.3. The van der Waals surface area contributed by atoms with Crippen LogP contribution in [0.4, 0.5) is 5.13 Å². The second-order valence-corrected chi connectivity index (χ2v) is 9.87. The number of hydrogen-bond acceptors (Lipinski definition) is 7. The van der Waals surface area contributed by atoms with Crippen LogP contribution >= 0.6 is 23.1 Å². The van der Waals surface area contributed by atoms with Crippen LogP contribution in [0.15, 0.2) is 65.8 Å². The Morgan fingerprint density at radius 3 is 2.62 bits per heavy atom. The zero-order chi connectivity index (χ0) is 23.9. The third kappa shape index (κ3) is 5.69. The van der Waals surface area contributed by atoms with Gasteiger partial charge in [-0.3, -0.25) is 14.7 Å². The zero-order valence-electron chi connectivity index (χ0n) is 19.5. The summed E-state index contributed by atoms with van der Waals surface area (Å²) in [5, 5.41) is 0.680. The molecule has 0 atom stereocenters. The molecule has 0 fully saturated rings. The number of nitrogens with zero attached hydrogens (tertiary/aromatic N) is 3. The average molecular weight is 494 g/mol. The lowest BCUT2D eigenvalue weighted by Crippen LogP contribution is -2.30. The van der Waals surface area contributed by atoms with E-state index in [4.69, 9.17) is 14.5 Å². The molecule has 8 heteroatoms. The molecule has 2 aromatic heterocycles. The highest BCUT2D eigenvalue weighted by molar-refractivity contribution is 7.99. The Labute approximate surface area is 207 Å². The summed E-state index contributed by atoms with van der Waals surface area (Å²) in [6.45, 7) is 2.48. The van der Waals surface area contributed by atoms with Gasteiger partial charge in [0.1, 0.15) is 17.0 Å². The molecule has 0 aliphatic rings. The van der Waals surface area contributed by atoms with Crippen LogP contribution in [0.2, 0.25) is 0 Å². The molecule has 0 saturated carbocycles. The zero-order valence-corrected chi connectivity index (χ0v) is 21.1. The largest absolute Gasteiger partial charge is 0.497 e. The van der Waals surface area contributed by atoms with Crippen molar-refractivity contribution < 1.29 is 14.3 Å². The molecule has 6 nitrogen and oxygen atoms in total. The lowest BCUT2D eigenvalue weighted by molar-refractivity contribution is -0.118. The highest BCUT2D eigenvalue weighted by Crippen LogP contribution is 2.37. The minimum Gasteiger partial charge on any atom is -0.497 e. The topological polar surface area (TPSA) is 64.5 Å². The molecule has 0 unspecified atom stereocenters. The maximum absolute atomic E-state index is 13.4. The van der Waals surface area contributed by atoms with Crippen molar-refractivity contribution in [1.29, 1.82) is 0 Å². The molecule has 2 heterocycles. The molecule has 2 aromatic carbocycles. The summed E-state index contributed by atoms with van der Waals surface area (Å²) in [5.74, 6) is 2.46. The molecule has 4 rings (SSSR count). The van der Waals surface area contributed by atoms with Crippen LogP contribution in [-0.4, -0.2) is 35.8 Å². The second-order valence-electron chi connectivity index (χ2n) is 7.73. The molecule has 0 bridgehead atoms. The molecule has 0 aliphatic heterocycles. The molecule has 0 radical (unpaired) electrons. The van der Waals surface area contributed by atoms with E-state index < -0.39 is 0 Å². The van der Waals surface area contributed by atoms with Crippen molar-refractivity contribution in [2.24, 2.45) is 0 Å². The number of aryl methyl sites for hydroxylation is 1. The number of methoxy groups -OCH3 is 2. The molecule has 0 aliphatic carbocycles. The Bertz CT molecular complexity index is 1240. The molecule has 0 N–H and O–H groups in total. The Hall–Kier alpha value is -3.10. The van der Waals surface area contributed by atoms with Crippen molar-refractivity contribution in [3.8, 4) is 11.5 Å². The smallest absolute Gasteiger partial charge is 0.229 e. The van der Waals surface area contributed by atoms with E-state index in [1.807, 2.05) is 55.5 Å². The van der Waals surface area contributed by atoms with Crippen LogP contribution in [-0.2, 0) is 11.3 Å². The van der Waals surface area contributed by atoms with Gasteiger partial charge in [0.15, 0.2) is 5.13 Å². The van der Waals surface area contributed by atoms with Crippen LogP contribution in [0.1, 0.15) is 24.0 Å². The fraction of sp³-hybridized carbons (Fsp3) is 0.269. The molecular weight excluding hydrogens is 466 g/mol. The standard InChI is InChI=1S/C26H27N3O3S2/c1-18-8-13-22(32-3)24-25(18)34-26(28-24)29(17-19-6-4-14-27-16-19)23(30)7-5-15-33-21-11-9-20(31-2)10-12-21/h4,6,8-14,16H,5,7,15,17H2,1-3H3. The van der Waals surface area contributed by atoms with Crippen molar-refractivity contribution in [2.75, 3.05) is 24.9 Å². The fourth-order valence-corrected chi connectivity index (χ4v) is 5.46. The summed E-state index contributed by atoms with van der Waals surface area (Å²) in [6.07, 6.45) is 4.73. The minimum atomic E-state index is 0.0508. The number of hydrogen-bond donors (Lipinski definition) is 0. The minimum absolute atomic E-state index is 0.0508. The number of thiazole rings is 1. The predicted molar refractivity (Wildman–Crippen MR) is 139 cm³/mol. The average Bonchev–Trinajstić information content (AvgIpc) is 3.32. The van der Waals surface area contributed by atoms with Crippen molar-refractivity contribution in [2.45, 2.75) is 31.2 Å². The monoisotopic (exact) mass is 493 g/mol. The first-order chi connectivity index (χ1) is 16.6. The van der Waals surface area contributed by atoms with Crippen molar-refractivity contribution >= 4 is 44.4 Å². The number of benzene rings is 2. The highest BCUT2D eigenvalue weighted by Gasteiger charge is 2.22. The maximum Gasteiger partial charge on any atom is 0.229 e. The number of ether oxygens (including phenoxy) is 2. The van der Waals surface area contributed by atoms with Crippen LogP contribution in [0.5, 0.6) is 11.5 Å². The van der Waals surface area contributed by atoms with E-state index in [1.54, 1.807) is 43.3 Å². The van der Waals surface area contributed by atoms with Crippen LogP contribution < -0.4 is 14.4 Å². The predicted octanol–water partition coefficient (Wildman–Crippen LogP) is 6.12. The van der Waals surface area contributed by atoms with Crippen LogP contribution in [0.25, 0.3) is 10.2 Å². The molecule has 1 amide bonds. The van der Waals surface area contributed by atoms with Gasteiger partial charge in [-0.15, -0.1) is 11.8 Å². The third-order valence-electron chi connectivity index (χ3n) is 5.37. The van der Waals surface area contributed by atoms with Gasteiger partial charge in [-0.1, -0.05) is 23.5 Å². The number of amides is 1. The Kier molecular flexibility index (Phi) is 8.03. The van der Waals surface area contributed by atoms with Gasteiger partial charge in [-0.2, -0.15) is 0 Å². The van der Waals surface area contributed by atoms with Gasteiger partial charge in [0, 0.05) is 23.7 Å². The second kappa shape index (κ2) is 11.4. The number of carbonyl (C=O) groups is 1. The van der Waals surface area contributed by atoms with Gasteiger partial charge in [-0.05, 0) is 66.6 Å². The van der Waals surface area contributed by atoms with Crippen LogP contribution in [0, 0.1) is 6.92 Å². The van der Waals surface area contributed by atoms with Gasteiger partial charge in [0.05, 0.1) is 25.5 Å². The van der Waals surface area contributed by atoms with E-state index in [0.29, 0.717) is 23.8 Å². The Morgan fingerprint density at radius 1 is 1.09 bits per heavy atom. The number of pyridine rings is 1. The normalized spacial score (nSPS) is 10.9. The molecule has 34 heavy (non-hydrogen) atoms. The van der Waals surface area contributed by atoms with E-state index >= 15 is 0 Å². The SMILES string of the molecule is COc1ccc(SCCCC(=O)N(Cc2cccnc2)c2nc3c(OC)ccc(C)c3s2)cc1. The summed E-state index contributed by atoms with van der Waals surface area (Å²) in [7, 11) is 3.30. The number of fused-ring (bicyclic) bond motifs is 1. The molecule has 0 spiro atoms. The lowest BCUT2D eigenvalue weighted by atomic mass is 10.2. The van der Waals surface area contributed by atoms with Crippen molar-refractivity contribution in [1.82, 2.24) is 9.97 Å². The first-order valence-electron chi connectivity index (χ1n) is 11.0. The number of thioether (sulfide) groups is 1. The number of rotatable bonds is 10. The lowest BCUT2D eigenvalue weighted by Gasteiger charge is -2.20. The van der Waals surface area contributed by atoms with Gasteiger partial charge in [0.2, 0.25) is 5.91 Å². The molecule has 0 saturated heterocycles. The highest BCUT2D eigenvalue weighted by atomic mass is 32.2. The quantitative estimate of drug-likeness (QED) is 0.196. The van der Waals surface area contributed by atoms with Gasteiger partial charge >= 0.3 is 0 Å². The number of aromatic nitrogens is 2. The first kappa shape index (κ1) is 24.0. The number of carbonyl (C=O) groups excluding carboxylic acids is 1. The van der Waals surface area contributed by atoms with Gasteiger partial charge in [-0.25, -0.2) is 4.98 Å². The summed E-state index contributed by atoms with van der Waals surface area (Å²) in [5.41, 5.74) is 2.87. The molecule has 4 aromatic rings. The van der Waals surface area contributed by atoms with E-state index in [9.17, 15) is 4.79 Å².